The molecule has 1 atom stereocenters. The van der Waals surface area contributed by atoms with Crippen LogP contribution in [0.25, 0.3) is 0 Å². The van der Waals surface area contributed by atoms with E-state index >= 15 is 0 Å². The minimum absolute atomic E-state index is 0.0712. The van der Waals surface area contributed by atoms with Crippen LogP contribution in [-0.2, 0) is 11.3 Å². The fraction of sp³-hybridized carbons (Fsp3) is 0.500. The zero-order chi connectivity index (χ0) is 13.7. The predicted molar refractivity (Wildman–Crippen MR) is 77.2 cm³/mol. The molecule has 1 aromatic carbocycles. The molecule has 5 heteroatoms. The van der Waals surface area contributed by atoms with Crippen molar-refractivity contribution in [2.45, 2.75) is 19.5 Å². The molecule has 1 unspecified atom stereocenters. The number of amides is 1. The van der Waals surface area contributed by atoms with Crippen LogP contribution < -0.4 is 10.6 Å². The van der Waals surface area contributed by atoms with Gasteiger partial charge in [-0.2, -0.15) is 0 Å². The van der Waals surface area contributed by atoms with Crippen LogP contribution in [0.15, 0.2) is 24.3 Å². The predicted octanol–water partition coefficient (Wildman–Crippen LogP) is 1.25. The molecule has 1 heterocycles. The number of carbonyl (C=O) groups is 1. The van der Waals surface area contributed by atoms with E-state index in [4.69, 9.17) is 11.6 Å². The molecule has 1 saturated heterocycles. The van der Waals surface area contributed by atoms with Crippen LogP contribution in [0.5, 0.6) is 0 Å². The highest BCUT2D eigenvalue weighted by molar-refractivity contribution is 6.30. The minimum atomic E-state index is -0.0821. The molecule has 4 nitrogen and oxygen atoms in total. The number of benzene rings is 1. The van der Waals surface area contributed by atoms with E-state index in [9.17, 15) is 4.79 Å². The first-order valence-corrected chi connectivity index (χ1v) is 7.01. The number of hydrogen-bond acceptors (Lipinski definition) is 3. The molecular weight excluding hydrogens is 262 g/mol. The lowest BCUT2D eigenvalue weighted by Gasteiger charge is -2.31. The molecule has 1 aliphatic heterocycles. The topological polar surface area (TPSA) is 44.4 Å². The highest BCUT2D eigenvalue weighted by Crippen LogP contribution is 2.10. The first-order chi connectivity index (χ1) is 9.16. The Hall–Kier alpha value is -1.10. The van der Waals surface area contributed by atoms with Gasteiger partial charge in [0.25, 0.3) is 0 Å². The van der Waals surface area contributed by atoms with Crippen molar-refractivity contribution in [1.82, 2.24) is 15.5 Å². The zero-order valence-electron chi connectivity index (χ0n) is 11.2. The first kappa shape index (κ1) is 14.3. The Labute approximate surface area is 119 Å². The number of nitrogens with one attached hydrogen (secondary N) is 2. The van der Waals surface area contributed by atoms with E-state index in [0.717, 1.165) is 31.7 Å². The number of hydrogen-bond donors (Lipinski definition) is 2. The second-order valence-corrected chi connectivity index (χ2v) is 5.25. The van der Waals surface area contributed by atoms with Crippen LogP contribution in [0, 0.1) is 0 Å². The molecule has 1 amide bonds. The van der Waals surface area contributed by atoms with Crippen molar-refractivity contribution in [1.29, 1.82) is 0 Å². The molecular formula is C14H20ClN3O. The van der Waals surface area contributed by atoms with E-state index in [2.05, 4.69) is 15.5 Å². The maximum absolute atomic E-state index is 12.1. The lowest BCUT2D eigenvalue weighted by Crippen LogP contribution is -2.52. The Morgan fingerprint density at radius 3 is 2.89 bits per heavy atom. The number of carbonyl (C=O) groups excluding carboxylic acids is 1. The minimum Gasteiger partial charge on any atom is -0.351 e. The van der Waals surface area contributed by atoms with Crippen molar-refractivity contribution >= 4 is 17.5 Å². The van der Waals surface area contributed by atoms with E-state index in [0.29, 0.717) is 11.6 Å². The van der Waals surface area contributed by atoms with Crippen molar-refractivity contribution in [3.63, 3.8) is 0 Å². The van der Waals surface area contributed by atoms with Crippen LogP contribution in [0.3, 0.4) is 0 Å². The van der Waals surface area contributed by atoms with Crippen LogP contribution in [0.1, 0.15) is 12.5 Å². The molecule has 0 bridgehead atoms. The highest BCUT2D eigenvalue weighted by atomic mass is 35.5. The molecule has 1 aromatic rings. The van der Waals surface area contributed by atoms with Gasteiger partial charge >= 0.3 is 0 Å². The molecule has 0 spiro atoms. The van der Waals surface area contributed by atoms with Crippen LogP contribution in [0.2, 0.25) is 5.02 Å². The van der Waals surface area contributed by atoms with Gasteiger partial charge in [0.05, 0.1) is 6.04 Å². The number of rotatable bonds is 4. The van der Waals surface area contributed by atoms with Gasteiger partial charge in [0.2, 0.25) is 5.91 Å². The van der Waals surface area contributed by atoms with Crippen molar-refractivity contribution in [2.75, 3.05) is 26.2 Å². The van der Waals surface area contributed by atoms with Crippen molar-refractivity contribution in [3.05, 3.63) is 34.9 Å². The second kappa shape index (κ2) is 6.89. The number of nitrogens with zero attached hydrogens (tertiary/aromatic N) is 1. The van der Waals surface area contributed by atoms with E-state index in [1.54, 1.807) is 0 Å². The Morgan fingerprint density at radius 1 is 1.47 bits per heavy atom. The molecule has 0 aliphatic carbocycles. The van der Waals surface area contributed by atoms with E-state index in [-0.39, 0.29) is 11.9 Å². The summed E-state index contributed by atoms with van der Waals surface area (Å²) in [5.41, 5.74) is 1.02. The summed E-state index contributed by atoms with van der Waals surface area (Å²) in [7, 11) is 0. The maximum atomic E-state index is 12.1. The molecule has 2 N–H and O–H groups in total. The SMILES string of the molecule is CC(C(=O)NCc1cccc(Cl)c1)N1CCNCC1. The number of piperazine rings is 1. The van der Waals surface area contributed by atoms with Gasteiger partial charge in [0, 0.05) is 37.7 Å². The molecule has 19 heavy (non-hydrogen) atoms. The van der Waals surface area contributed by atoms with Gasteiger partial charge in [0.15, 0.2) is 0 Å². The van der Waals surface area contributed by atoms with Crippen LogP contribution in [-0.4, -0.2) is 43.0 Å². The second-order valence-electron chi connectivity index (χ2n) is 4.81. The molecule has 0 radical (unpaired) electrons. The molecule has 1 aliphatic rings. The van der Waals surface area contributed by atoms with E-state index in [1.807, 2.05) is 31.2 Å². The third kappa shape index (κ3) is 4.20. The van der Waals surface area contributed by atoms with Gasteiger partial charge in [-0.05, 0) is 24.6 Å². The van der Waals surface area contributed by atoms with Crippen molar-refractivity contribution in [2.24, 2.45) is 0 Å². The van der Waals surface area contributed by atoms with Crippen molar-refractivity contribution < 1.29 is 4.79 Å². The molecule has 0 saturated carbocycles. The Balaban J connectivity index is 1.83. The lowest BCUT2D eigenvalue weighted by atomic mass is 10.2. The van der Waals surface area contributed by atoms with Gasteiger partial charge in [-0.25, -0.2) is 0 Å². The summed E-state index contributed by atoms with van der Waals surface area (Å²) in [6.45, 7) is 6.23. The monoisotopic (exact) mass is 281 g/mol. The summed E-state index contributed by atoms with van der Waals surface area (Å²) >= 11 is 5.92. The third-order valence-electron chi connectivity index (χ3n) is 3.43. The third-order valence-corrected chi connectivity index (χ3v) is 3.67. The maximum Gasteiger partial charge on any atom is 0.237 e. The normalized spacial score (nSPS) is 18.0. The largest absolute Gasteiger partial charge is 0.351 e. The Bertz CT molecular complexity index is 432. The first-order valence-electron chi connectivity index (χ1n) is 6.64. The molecule has 0 aromatic heterocycles. The molecule has 1 fully saturated rings. The van der Waals surface area contributed by atoms with Crippen LogP contribution >= 0.6 is 11.6 Å². The van der Waals surface area contributed by atoms with Gasteiger partial charge in [-0.3, -0.25) is 9.69 Å². The van der Waals surface area contributed by atoms with E-state index in [1.165, 1.54) is 0 Å². The Morgan fingerprint density at radius 2 is 2.21 bits per heavy atom. The standard InChI is InChI=1S/C14H20ClN3O/c1-11(18-7-5-16-6-8-18)14(19)17-10-12-3-2-4-13(15)9-12/h2-4,9,11,16H,5-8,10H2,1H3,(H,17,19). The molecule has 2 rings (SSSR count). The summed E-state index contributed by atoms with van der Waals surface area (Å²) in [5, 5.41) is 6.94. The van der Waals surface area contributed by atoms with Gasteiger partial charge in [-0.1, -0.05) is 23.7 Å². The fourth-order valence-corrected chi connectivity index (χ4v) is 2.43. The smallest absolute Gasteiger partial charge is 0.237 e. The number of halogens is 1. The average Bonchev–Trinajstić information content (AvgIpc) is 2.45. The fourth-order valence-electron chi connectivity index (χ4n) is 2.22. The summed E-state index contributed by atoms with van der Waals surface area (Å²) in [6, 6.07) is 7.47. The van der Waals surface area contributed by atoms with Gasteiger partial charge in [0.1, 0.15) is 0 Å². The average molecular weight is 282 g/mol. The zero-order valence-corrected chi connectivity index (χ0v) is 11.9. The summed E-state index contributed by atoms with van der Waals surface area (Å²) in [5.74, 6) is 0.0712. The lowest BCUT2D eigenvalue weighted by molar-refractivity contribution is -0.126. The van der Waals surface area contributed by atoms with Crippen LogP contribution in [0.4, 0.5) is 0 Å². The Kier molecular flexibility index (Phi) is 5.19. The quantitative estimate of drug-likeness (QED) is 0.873. The summed E-state index contributed by atoms with van der Waals surface area (Å²) in [4.78, 5) is 14.3. The highest BCUT2D eigenvalue weighted by Gasteiger charge is 2.22. The summed E-state index contributed by atoms with van der Waals surface area (Å²) < 4.78 is 0. The van der Waals surface area contributed by atoms with Gasteiger partial charge < -0.3 is 10.6 Å². The van der Waals surface area contributed by atoms with Gasteiger partial charge in [-0.15, -0.1) is 0 Å². The summed E-state index contributed by atoms with van der Waals surface area (Å²) in [6.07, 6.45) is 0. The van der Waals surface area contributed by atoms with E-state index < -0.39 is 0 Å². The van der Waals surface area contributed by atoms with Crippen molar-refractivity contribution in [3.8, 4) is 0 Å². The molecule has 104 valence electrons.